The Kier molecular flexibility index (Phi) is 7.18. The van der Waals surface area contributed by atoms with Crippen molar-refractivity contribution < 1.29 is 9.53 Å². The lowest BCUT2D eigenvalue weighted by Gasteiger charge is -2.27. The van der Waals surface area contributed by atoms with Gasteiger partial charge in [-0.05, 0) is 18.2 Å². The van der Waals surface area contributed by atoms with Crippen molar-refractivity contribution in [2.75, 3.05) is 7.11 Å². The summed E-state index contributed by atoms with van der Waals surface area (Å²) < 4.78 is 10.2. The summed E-state index contributed by atoms with van der Waals surface area (Å²) in [5.41, 5.74) is 1.67. The minimum Gasteiger partial charge on any atom is -0.466 e. The number of benzene rings is 4. The second kappa shape index (κ2) is 10.6. The lowest BCUT2D eigenvalue weighted by atomic mass is 10.1. The molecule has 4 aromatic carbocycles. The molecule has 5 heteroatoms. The number of rotatable bonds is 6. The van der Waals surface area contributed by atoms with E-state index in [4.69, 9.17) is 9.48 Å². The molecule has 0 aliphatic carbocycles. The molecule has 0 atom stereocenters. The Bertz CT molecular complexity index is 1300. The van der Waals surface area contributed by atoms with Crippen molar-refractivity contribution in [2.24, 2.45) is 4.74 Å². The van der Waals surface area contributed by atoms with Gasteiger partial charge in [-0.2, -0.15) is 5.26 Å². The molecule has 0 fully saturated rings. The molecule has 34 heavy (non-hydrogen) atoms. The third-order valence-corrected chi connectivity index (χ3v) is 9.09. The summed E-state index contributed by atoms with van der Waals surface area (Å²) >= 11 is 0. The van der Waals surface area contributed by atoms with Crippen molar-refractivity contribution in [1.29, 1.82) is 5.26 Å². The van der Waals surface area contributed by atoms with Crippen molar-refractivity contribution in [3.63, 3.8) is 0 Å². The molecule has 4 rings (SSSR count). The molecule has 0 bridgehead atoms. The number of methoxy groups -OCH3 is 1. The largest absolute Gasteiger partial charge is 0.466 e. The van der Waals surface area contributed by atoms with Crippen LogP contribution >= 0.6 is 7.05 Å². The minimum absolute atomic E-state index is 0.439. The Morgan fingerprint density at radius 3 is 1.74 bits per heavy atom. The maximum absolute atomic E-state index is 11.8. The van der Waals surface area contributed by atoms with Gasteiger partial charge in [-0.15, -0.1) is 0 Å². The van der Waals surface area contributed by atoms with Crippen LogP contribution in [0.4, 0.5) is 5.69 Å². The molecule has 0 aliphatic heterocycles. The Labute approximate surface area is 199 Å². The lowest BCUT2D eigenvalue weighted by molar-refractivity contribution is -0.134. The van der Waals surface area contributed by atoms with Crippen LogP contribution in [-0.4, -0.2) is 13.1 Å². The van der Waals surface area contributed by atoms with Crippen LogP contribution in [0.5, 0.6) is 0 Å². The van der Waals surface area contributed by atoms with Gasteiger partial charge < -0.3 is 4.74 Å². The van der Waals surface area contributed by atoms with Crippen LogP contribution in [0.3, 0.4) is 0 Å². The van der Waals surface area contributed by atoms with Crippen LogP contribution in [0, 0.1) is 11.3 Å². The normalized spacial score (nSPS) is 11.1. The van der Waals surface area contributed by atoms with Crippen LogP contribution in [0.15, 0.2) is 120 Å². The van der Waals surface area contributed by atoms with E-state index in [9.17, 15) is 10.1 Å². The molecule has 0 spiro atoms. The van der Waals surface area contributed by atoms with Gasteiger partial charge in [-0.25, -0.2) is 4.79 Å². The molecule has 166 valence electrons. The molecule has 4 aromatic rings. The average molecular weight is 462 g/mol. The number of ether oxygens (including phenoxy) is 1. The molecular formula is C29H23N2O2P. The standard InChI is InChI=1S/C29H23N2O2P/c1-33-29(32)21-20-27-23(22-30)12-11-19-28(27)31-34(24-13-5-2-6-14-24,25-15-7-3-8-16-25)26-17-9-4-10-18-26/h2-21H,1H3. The molecule has 0 amide bonds. The predicted molar refractivity (Wildman–Crippen MR) is 139 cm³/mol. The Hall–Kier alpha value is -4.19. The zero-order chi connectivity index (χ0) is 23.8. The van der Waals surface area contributed by atoms with Crippen molar-refractivity contribution in [3.8, 4) is 6.07 Å². The molecule has 0 heterocycles. The first-order valence-electron chi connectivity index (χ1n) is 10.8. The summed E-state index contributed by atoms with van der Waals surface area (Å²) in [5, 5.41) is 13.1. The molecule has 0 aromatic heterocycles. The van der Waals surface area contributed by atoms with E-state index in [0.717, 1.165) is 15.9 Å². The molecule has 0 saturated heterocycles. The topological polar surface area (TPSA) is 62.5 Å². The fourth-order valence-corrected chi connectivity index (χ4v) is 7.39. The minimum atomic E-state index is -2.52. The van der Waals surface area contributed by atoms with Gasteiger partial charge >= 0.3 is 5.97 Å². The molecule has 0 unspecified atom stereocenters. The fraction of sp³-hybridized carbons (Fsp3) is 0.0345. The molecule has 0 radical (unpaired) electrons. The van der Waals surface area contributed by atoms with Crippen LogP contribution in [-0.2, 0) is 9.53 Å². The van der Waals surface area contributed by atoms with Gasteiger partial charge in [0, 0.05) is 27.6 Å². The van der Waals surface area contributed by atoms with Crippen molar-refractivity contribution in [1.82, 2.24) is 0 Å². The van der Waals surface area contributed by atoms with Crippen molar-refractivity contribution in [3.05, 3.63) is 126 Å². The summed E-state index contributed by atoms with van der Waals surface area (Å²) in [4.78, 5) is 11.8. The highest BCUT2D eigenvalue weighted by Crippen LogP contribution is 2.50. The Balaban J connectivity index is 2.14. The van der Waals surface area contributed by atoms with Gasteiger partial charge in [-0.1, -0.05) is 97.1 Å². The quantitative estimate of drug-likeness (QED) is 0.214. The van der Waals surface area contributed by atoms with Crippen molar-refractivity contribution in [2.45, 2.75) is 0 Å². The van der Waals surface area contributed by atoms with E-state index in [1.54, 1.807) is 12.1 Å². The van der Waals surface area contributed by atoms with E-state index in [-0.39, 0.29) is 0 Å². The Morgan fingerprint density at radius 1 is 0.794 bits per heavy atom. The van der Waals surface area contributed by atoms with Gasteiger partial charge in [0.05, 0.1) is 31.5 Å². The highest BCUT2D eigenvalue weighted by molar-refractivity contribution is 7.87. The van der Waals surface area contributed by atoms with Crippen LogP contribution in [0.2, 0.25) is 0 Å². The number of nitriles is 1. The third kappa shape index (κ3) is 4.62. The van der Waals surface area contributed by atoms with Crippen LogP contribution in [0.25, 0.3) is 6.08 Å². The summed E-state index contributed by atoms with van der Waals surface area (Å²) in [6.45, 7) is 0. The van der Waals surface area contributed by atoms with E-state index in [1.165, 1.54) is 13.2 Å². The van der Waals surface area contributed by atoms with E-state index in [1.807, 2.05) is 66.7 Å². The average Bonchev–Trinajstić information content (AvgIpc) is 2.92. The summed E-state index contributed by atoms with van der Waals surface area (Å²) in [6.07, 6.45) is 2.93. The summed E-state index contributed by atoms with van der Waals surface area (Å²) in [6, 6.07) is 38.4. The Morgan fingerprint density at radius 2 is 1.29 bits per heavy atom. The number of carbonyl (C=O) groups is 1. The number of esters is 1. The first kappa shape index (κ1) is 23.0. The molecule has 0 aliphatic rings. The first-order valence-corrected chi connectivity index (χ1v) is 12.5. The van der Waals surface area contributed by atoms with Gasteiger partial charge in [0.2, 0.25) is 0 Å². The fourth-order valence-electron chi connectivity index (χ4n) is 3.85. The first-order chi connectivity index (χ1) is 16.7. The van der Waals surface area contributed by atoms with E-state index in [2.05, 4.69) is 42.5 Å². The van der Waals surface area contributed by atoms with Crippen LogP contribution < -0.4 is 15.9 Å². The zero-order valence-electron chi connectivity index (χ0n) is 18.7. The van der Waals surface area contributed by atoms with E-state index in [0.29, 0.717) is 16.8 Å². The summed E-state index contributed by atoms with van der Waals surface area (Å²) in [5.74, 6) is -0.492. The highest BCUT2D eigenvalue weighted by atomic mass is 31.2. The molecule has 0 saturated carbocycles. The zero-order valence-corrected chi connectivity index (χ0v) is 19.6. The maximum Gasteiger partial charge on any atom is 0.330 e. The molecular weight excluding hydrogens is 439 g/mol. The third-order valence-electron chi connectivity index (χ3n) is 5.44. The van der Waals surface area contributed by atoms with E-state index < -0.39 is 13.0 Å². The SMILES string of the molecule is COC(=O)C=Cc1c(C#N)cccc1N=P(c1ccccc1)(c1ccccc1)c1ccccc1. The molecule has 0 N–H and O–H groups in total. The second-order valence-electron chi connectivity index (χ2n) is 7.45. The number of carbonyl (C=O) groups excluding carboxylic acids is 1. The van der Waals surface area contributed by atoms with Crippen molar-refractivity contribution >= 4 is 40.7 Å². The van der Waals surface area contributed by atoms with E-state index >= 15 is 0 Å². The second-order valence-corrected chi connectivity index (χ2v) is 10.5. The van der Waals surface area contributed by atoms with Gasteiger partial charge in [0.1, 0.15) is 0 Å². The molecule has 4 nitrogen and oxygen atoms in total. The number of hydrogen-bond acceptors (Lipinski definition) is 4. The summed E-state index contributed by atoms with van der Waals surface area (Å²) in [7, 11) is -1.20. The highest BCUT2D eigenvalue weighted by Gasteiger charge is 2.27. The van der Waals surface area contributed by atoms with Crippen LogP contribution in [0.1, 0.15) is 11.1 Å². The van der Waals surface area contributed by atoms with Gasteiger partial charge in [-0.3, -0.25) is 4.74 Å². The van der Waals surface area contributed by atoms with Gasteiger partial charge in [0.15, 0.2) is 0 Å². The lowest BCUT2D eigenvalue weighted by Crippen LogP contribution is -2.25. The van der Waals surface area contributed by atoms with Gasteiger partial charge in [0.25, 0.3) is 0 Å². The number of nitrogens with zero attached hydrogens (tertiary/aromatic N) is 2. The smallest absolute Gasteiger partial charge is 0.330 e. The number of hydrogen-bond donors (Lipinski definition) is 0. The predicted octanol–water partition coefficient (Wildman–Crippen LogP) is 5.55. The maximum atomic E-state index is 11.8. The monoisotopic (exact) mass is 462 g/mol.